The van der Waals surface area contributed by atoms with Crippen molar-refractivity contribution in [2.75, 3.05) is 5.75 Å². The van der Waals surface area contributed by atoms with Gasteiger partial charge in [0.1, 0.15) is 0 Å². The fraction of sp³-hybridized carbons (Fsp3) is 0.333. The topological polar surface area (TPSA) is 68.8 Å². The Morgan fingerprint density at radius 1 is 1.53 bits per heavy atom. The molecule has 0 radical (unpaired) electrons. The minimum absolute atomic E-state index is 0.140. The molecule has 1 unspecified atom stereocenters. The van der Waals surface area contributed by atoms with Gasteiger partial charge in [0.2, 0.25) is 0 Å². The molecular formula is C12H16ClN5S. The molecule has 3 N–H and O–H groups in total. The first-order valence-corrected chi connectivity index (χ1v) is 7.23. The first-order valence-electron chi connectivity index (χ1n) is 5.87. The molecule has 1 atom stereocenters. The lowest BCUT2D eigenvalue weighted by Crippen LogP contribution is -2.38. The maximum absolute atomic E-state index is 5.95. The summed E-state index contributed by atoms with van der Waals surface area (Å²) in [6.45, 7) is 0. The number of benzene rings is 1. The average molecular weight is 298 g/mol. The average Bonchev–Trinajstić information content (AvgIpc) is 2.80. The smallest absolute Gasteiger partial charge is 0.0843 e. The molecule has 102 valence electrons. The van der Waals surface area contributed by atoms with Crippen molar-refractivity contribution in [1.29, 1.82) is 0 Å². The first-order chi connectivity index (χ1) is 9.17. The van der Waals surface area contributed by atoms with Gasteiger partial charge in [0, 0.05) is 41.4 Å². The molecule has 0 saturated carbocycles. The van der Waals surface area contributed by atoms with Crippen LogP contribution in [0, 0.1) is 0 Å². The summed E-state index contributed by atoms with van der Waals surface area (Å²) in [5.41, 5.74) is 3.74. The van der Waals surface area contributed by atoms with Gasteiger partial charge in [0.25, 0.3) is 0 Å². The van der Waals surface area contributed by atoms with Gasteiger partial charge in [-0.15, -0.1) is 16.9 Å². The van der Waals surface area contributed by atoms with E-state index in [0.29, 0.717) is 0 Å². The fourth-order valence-electron chi connectivity index (χ4n) is 1.66. The standard InChI is InChI=1S/C12H16ClN5S/c1-18-7-10(16-17-18)6-11(15-14)8-19-12-4-2-3-9(13)5-12/h2-5,7,11,15H,6,8,14H2,1H3. The van der Waals surface area contributed by atoms with E-state index in [1.54, 1.807) is 16.4 Å². The Balaban J connectivity index is 1.89. The second-order valence-corrected chi connectivity index (χ2v) is 5.75. The zero-order valence-corrected chi connectivity index (χ0v) is 12.2. The predicted octanol–water partition coefficient (Wildman–Crippen LogP) is 1.64. The third-order valence-electron chi connectivity index (χ3n) is 2.59. The SMILES string of the molecule is Cn1cc(CC(CSc2cccc(Cl)c2)NN)nn1. The number of thioether (sulfide) groups is 1. The van der Waals surface area contributed by atoms with E-state index in [4.69, 9.17) is 17.4 Å². The Labute approximate surface area is 121 Å². The number of halogens is 1. The molecule has 2 rings (SSSR count). The second-order valence-electron chi connectivity index (χ2n) is 4.22. The van der Waals surface area contributed by atoms with Gasteiger partial charge in [-0.1, -0.05) is 22.9 Å². The van der Waals surface area contributed by atoms with Gasteiger partial charge in [-0.25, -0.2) is 0 Å². The quantitative estimate of drug-likeness (QED) is 0.482. The second kappa shape index (κ2) is 6.91. The van der Waals surface area contributed by atoms with Crippen LogP contribution in [-0.4, -0.2) is 26.8 Å². The normalized spacial score (nSPS) is 12.6. The van der Waals surface area contributed by atoms with Crippen molar-refractivity contribution in [2.45, 2.75) is 17.4 Å². The van der Waals surface area contributed by atoms with E-state index < -0.39 is 0 Å². The number of hydrogen-bond donors (Lipinski definition) is 2. The predicted molar refractivity (Wildman–Crippen MR) is 78.0 cm³/mol. The lowest BCUT2D eigenvalue weighted by molar-refractivity contribution is 0.568. The number of hydrogen-bond acceptors (Lipinski definition) is 5. The maximum Gasteiger partial charge on any atom is 0.0843 e. The number of aryl methyl sites for hydroxylation is 1. The zero-order chi connectivity index (χ0) is 13.7. The van der Waals surface area contributed by atoms with Crippen molar-refractivity contribution < 1.29 is 0 Å². The van der Waals surface area contributed by atoms with Gasteiger partial charge in [0.05, 0.1) is 5.69 Å². The van der Waals surface area contributed by atoms with E-state index in [1.165, 1.54) is 0 Å². The highest BCUT2D eigenvalue weighted by Crippen LogP contribution is 2.22. The Morgan fingerprint density at radius 2 is 2.37 bits per heavy atom. The summed E-state index contributed by atoms with van der Waals surface area (Å²) < 4.78 is 1.69. The number of rotatable bonds is 6. The summed E-state index contributed by atoms with van der Waals surface area (Å²) in [5.74, 6) is 6.42. The third kappa shape index (κ3) is 4.50. The molecule has 0 aliphatic rings. The number of nitrogens with zero attached hydrogens (tertiary/aromatic N) is 3. The van der Waals surface area contributed by atoms with Crippen LogP contribution in [0.15, 0.2) is 35.4 Å². The minimum atomic E-state index is 0.140. The van der Waals surface area contributed by atoms with E-state index in [0.717, 1.165) is 27.8 Å². The Hall–Kier alpha value is -1.08. The molecule has 1 aromatic heterocycles. The summed E-state index contributed by atoms with van der Waals surface area (Å²) in [4.78, 5) is 1.13. The Kier molecular flexibility index (Phi) is 5.21. The molecule has 19 heavy (non-hydrogen) atoms. The molecule has 0 amide bonds. The van der Waals surface area contributed by atoms with E-state index in [1.807, 2.05) is 37.5 Å². The van der Waals surface area contributed by atoms with Crippen molar-refractivity contribution in [1.82, 2.24) is 20.4 Å². The molecular weight excluding hydrogens is 282 g/mol. The summed E-state index contributed by atoms with van der Waals surface area (Å²) in [6, 6.07) is 7.93. The molecule has 1 aromatic carbocycles. The van der Waals surface area contributed by atoms with Crippen molar-refractivity contribution >= 4 is 23.4 Å². The van der Waals surface area contributed by atoms with Gasteiger partial charge in [-0.05, 0) is 18.2 Å². The van der Waals surface area contributed by atoms with Crippen LogP contribution < -0.4 is 11.3 Å². The summed E-state index contributed by atoms with van der Waals surface area (Å²) in [5, 5.41) is 8.71. The molecule has 2 aromatic rings. The molecule has 5 nitrogen and oxygen atoms in total. The summed E-state index contributed by atoms with van der Waals surface area (Å²) in [7, 11) is 1.85. The summed E-state index contributed by atoms with van der Waals surface area (Å²) in [6.07, 6.45) is 2.65. The van der Waals surface area contributed by atoms with Gasteiger partial charge in [0.15, 0.2) is 0 Å². The van der Waals surface area contributed by atoms with E-state index in [-0.39, 0.29) is 6.04 Å². The third-order valence-corrected chi connectivity index (χ3v) is 3.98. The van der Waals surface area contributed by atoms with Gasteiger partial charge in [-0.3, -0.25) is 16.0 Å². The van der Waals surface area contributed by atoms with Crippen molar-refractivity contribution in [3.05, 3.63) is 41.2 Å². The molecule has 0 bridgehead atoms. The first kappa shape index (κ1) is 14.3. The van der Waals surface area contributed by atoms with Crippen LogP contribution in [0.5, 0.6) is 0 Å². The van der Waals surface area contributed by atoms with Crippen LogP contribution >= 0.6 is 23.4 Å². The highest BCUT2D eigenvalue weighted by atomic mass is 35.5. The number of nitrogens with one attached hydrogen (secondary N) is 1. The fourth-order valence-corrected chi connectivity index (χ4v) is 2.91. The van der Waals surface area contributed by atoms with E-state index >= 15 is 0 Å². The van der Waals surface area contributed by atoms with E-state index in [2.05, 4.69) is 15.7 Å². The van der Waals surface area contributed by atoms with Gasteiger partial charge < -0.3 is 0 Å². The van der Waals surface area contributed by atoms with Crippen molar-refractivity contribution in [3.63, 3.8) is 0 Å². The van der Waals surface area contributed by atoms with Gasteiger partial charge >= 0.3 is 0 Å². The molecule has 0 aliphatic carbocycles. The lowest BCUT2D eigenvalue weighted by atomic mass is 10.2. The molecule has 0 fully saturated rings. The zero-order valence-electron chi connectivity index (χ0n) is 10.6. The summed E-state index contributed by atoms with van der Waals surface area (Å²) >= 11 is 7.66. The van der Waals surface area contributed by atoms with Crippen LogP contribution in [0.1, 0.15) is 5.69 Å². The van der Waals surface area contributed by atoms with Crippen LogP contribution in [-0.2, 0) is 13.5 Å². The largest absolute Gasteiger partial charge is 0.271 e. The highest BCUT2D eigenvalue weighted by molar-refractivity contribution is 7.99. The van der Waals surface area contributed by atoms with Crippen LogP contribution in [0.4, 0.5) is 0 Å². The number of hydrazine groups is 1. The number of aromatic nitrogens is 3. The molecule has 0 aliphatic heterocycles. The Bertz CT molecular complexity index is 530. The molecule has 1 heterocycles. The van der Waals surface area contributed by atoms with Crippen LogP contribution in [0.3, 0.4) is 0 Å². The van der Waals surface area contributed by atoms with Gasteiger partial charge in [-0.2, -0.15) is 0 Å². The molecule has 0 spiro atoms. The maximum atomic E-state index is 5.95. The molecule has 0 saturated heterocycles. The highest BCUT2D eigenvalue weighted by Gasteiger charge is 2.11. The molecule has 7 heteroatoms. The minimum Gasteiger partial charge on any atom is -0.271 e. The lowest BCUT2D eigenvalue weighted by Gasteiger charge is -2.13. The van der Waals surface area contributed by atoms with Crippen molar-refractivity contribution in [2.24, 2.45) is 12.9 Å². The van der Waals surface area contributed by atoms with Crippen LogP contribution in [0.25, 0.3) is 0 Å². The van der Waals surface area contributed by atoms with Crippen LogP contribution in [0.2, 0.25) is 5.02 Å². The Morgan fingerprint density at radius 3 is 3.00 bits per heavy atom. The van der Waals surface area contributed by atoms with Crippen molar-refractivity contribution in [3.8, 4) is 0 Å². The van der Waals surface area contributed by atoms with E-state index in [9.17, 15) is 0 Å². The monoisotopic (exact) mass is 297 g/mol. The number of nitrogens with two attached hydrogens (primary N) is 1.